The number of carbonyl (C=O) groups excluding carboxylic acids is 2. The van der Waals surface area contributed by atoms with Crippen molar-refractivity contribution in [2.45, 2.75) is 57.2 Å². The van der Waals surface area contributed by atoms with Crippen molar-refractivity contribution >= 4 is 44.8 Å². The molecule has 0 amide bonds. The van der Waals surface area contributed by atoms with Crippen LogP contribution in [0.5, 0.6) is 0 Å². The lowest BCUT2D eigenvalue weighted by molar-refractivity contribution is -0.142. The summed E-state index contributed by atoms with van der Waals surface area (Å²) in [5.41, 5.74) is 0. The molecule has 2 aromatic rings. The molecule has 2 N–H and O–H groups in total. The maximum Gasteiger partial charge on any atom is 0.306 e. The van der Waals surface area contributed by atoms with Gasteiger partial charge in [0, 0.05) is 39.6 Å². The summed E-state index contributed by atoms with van der Waals surface area (Å²) < 4.78 is 6.07. The second-order valence-electron chi connectivity index (χ2n) is 8.82. The van der Waals surface area contributed by atoms with Gasteiger partial charge in [-0.2, -0.15) is 0 Å². The minimum absolute atomic E-state index is 0.0383. The number of halogens is 1. The van der Waals surface area contributed by atoms with Crippen LogP contribution in [0.3, 0.4) is 0 Å². The molecule has 1 heterocycles. The van der Waals surface area contributed by atoms with E-state index in [0.717, 1.165) is 20.0 Å². The molecule has 1 fully saturated rings. The van der Waals surface area contributed by atoms with Crippen LogP contribution in [-0.2, 0) is 20.7 Å². The molecule has 0 bridgehead atoms. The van der Waals surface area contributed by atoms with Gasteiger partial charge in [-0.1, -0.05) is 66.8 Å². The highest BCUT2D eigenvalue weighted by Gasteiger charge is 2.39. The van der Waals surface area contributed by atoms with Gasteiger partial charge in [-0.15, -0.1) is 11.3 Å². The van der Waals surface area contributed by atoms with E-state index in [4.69, 9.17) is 16.3 Å². The van der Waals surface area contributed by atoms with Gasteiger partial charge in [0.2, 0.25) is 0 Å². The summed E-state index contributed by atoms with van der Waals surface area (Å²) in [5.74, 6) is -0.829. The summed E-state index contributed by atoms with van der Waals surface area (Å²) in [4.78, 5) is 24.9. The zero-order valence-electron chi connectivity index (χ0n) is 19.8. The zero-order valence-corrected chi connectivity index (χ0v) is 21.3. The van der Waals surface area contributed by atoms with Gasteiger partial charge in [-0.3, -0.25) is 9.59 Å². The van der Waals surface area contributed by atoms with Crippen LogP contribution < -0.4 is 0 Å². The van der Waals surface area contributed by atoms with Gasteiger partial charge in [0.1, 0.15) is 12.4 Å². The van der Waals surface area contributed by atoms with Gasteiger partial charge in [-0.25, -0.2) is 0 Å². The minimum atomic E-state index is -0.735. The number of fused-ring (bicyclic) bond motifs is 1. The van der Waals surface area contributed by atoms with Crippen LogP contribution in [0.1, 0.15) is 43.4 Å². The standard InChI is InChI=1S/C28H33ClO5S/c1-2-17-34-27(33)12-6-4-3-5-9-20-21(24(32)18-23(20)31)15-13-19(30)14-16-26-28(29)22-10-7-8-11-25(22)35-26/h2-3,5,7-8,10-11,13,15,19-21,24,30,32H,1,4,6,9,12,14,16-18H2/b5-3-,15-13+/t19-,20-,21-,24-/m1/s1. The van der Waals surface area contributed by atoms with Crippen LogP contribution in [0.2, 0.25) is 5.02 Å². The zero-order chi connectivity index (χ0) is 25.2. The second kappa shape index (κ2) is 13.7. The number of esters is 1. The van der Waals surface area contributed by atoms with E-state index in [-0.39, 0.29) is 36.6 Å². The Morgan fingerprint density at radius 1 is 1.31 bits per heavy atom. The SMILES string of the molecule is C=CCOC(=O)CCC/C=C\C[C@H]1C(=O)C[C@@H](O)[C@@H]1/C=C/[C@@H](O)CCc1sc2ccccc2c1Cl. The van der Waals surface area contributed by atoms with Crippen molar-refractivity contribution in [3.05, 3.63) is 71.1 Å². The van der Waals surface area contributed by atoms with E-state index in [1.165, 1.54) is 6.08 Å². The molecular formula is C28H33ClO5S. The van der Waals surface area contributed by atoms with Crippen LogP contribution >= 0.6 is 22.9 Å². The Kier molecular flexibility index (Phi) is 10.7. The molecule has 1 aliphatic rings. The van der Waals surface area contributed by atoms with Crippen molar-refractivity contribution in [3.8, 4) is 0 Å². The first-order valence-corrected chi connectivity index (χ1v) is 13.2. The fourth-order valence-corrected chi connectivity index (χ4v) is 5.88. The van der Waals surface area contributed by atoms with Crippen molar-refractivity contribution in [2.75, 3.05) is 6.61 Å². The molecule has 188 valence electrons. The topological polar surface area (TPSA) is 83.8 Å². The molecule has 1 saturated carbocycles. The smallest absolute Gasteiger partial charge is 0.306 e. The number of benzene rings is 1. The van der Waals surface area contributed by atoms with Crippen LogP contribution in [0.4, 0.5) is 0 Å². The van der Waals surface area contributed by atoms with E-state index in [9.17, 15) is 19.8 Å². The number of Topliss-reactive ketones (excluding diaryl/α,β-unsaturated/α-hetero) is 1. The highest BCUT2D eigenvalue weighted by molar-refractivity contribution is 7.19. The molecule has 1 aromatic carbocycles. The van der Waals surface area contributed by atoms with E-state index in [0.29, 0.717) is 38.5 Å². The van der Waals surface area contributed by atoms with Crippen molar-refractivity contribution in [1.29, 1.82) is 0 Å². The summed E-state index contributed by atoms with van der Waals surface area (Å²) in [6, 6.07) is 7.98. The lowest BCUT2D eigenvalue weighted by atomic mass is 9.90. The average molecular weight is 517 g/mol. The molecule has 5 nitrogen and oxygen atoms in total. The number of allylic oxidation sites excluding steroid dienone is 2. The molecule has 0 radical (unpaired) electrons. The Bertz CT molecular complexity index is 1070. The summed E-state index contributed by atoms with van der Waals surface area (Å²) >= 11 is 8.14. The van der Waals surface area contributed by atoms with Crippen LogP contribution in [-0.4, -0.2) is 40.8 Å². The Balaban J connectivity index is 1.47. The number of hydrogen-bond acceptors (Lipinski definition) is 6. The van der Waals surface area contributed by atoms with Crippen molar-refractivity contribution in [2.24, 2.45) is 11.8 Å². The molecule has 0 saturated heterocycles. The first kappa shape index (κ1) is 27.3. The normalized spacial score (nSPS) is 21.3. The van der Waals surface area contributed by atoms with Gasteiger partial charge in [0.15, 0.2) is 0 Å². The molecule has 1 aliphatic carbocycles. The van der Waals surface area contributed by atoms with Crippen LogP contribution in [0, 0.1) is 11.8 Å². The lowest BCUT2D eigenvalue weighted by Gasteiger charge is -2.16. The predicted molar refractivity (Wildman–Crippen MR) is 142 cm³/mol. The third-order valence-electron chi connectivity index (χ3n) is 6.23. The maximum atomic E-state index is 12.4. The minimum Gasteiger partial charge on any atom is -0.461 e. The average Bonchev–Trinajstić information content (AvgIpc) is 3.31. The Hall–Kier alpha value is -2.25. The van der Waals surface area contributed by atoms with E-state index < -0.39 is 12.2 Å². The van der Waals surface area contributed by atoms with E-state index >= 15 is 0 Å². The summed E-state index contributed by atoms with van der Waals surface area (Å²) in [7, 11) is 0. The number of aliphatic hydroxyl groups excluding tert-OH is 2. The Morgan fingerprint density at radius 3 is 2.89 bits per heavy atom. The van der Waals surface area contributed by atoms with Crippen molar-refractivity contribution < 1.29 is 24.5 Å². The fraction of sp³-hybridized carbons (Fsp3) is 0.429. The molecule has 0 aliphatic heterocycles. The molecule has 0 unspecified atom stereocenters. The molecular weight excluding hydrogens is 484 g/mol. The van der Waals surface area contributed by atoms with Gasteiger partial charge in [-0.05, 0) is 38.2 Å². The van der Waals surface area contributed by atoms with E-state index in [1.54, 1.807) is 23.5 Å². The van der Waals surface area contributed by atoms with Crippen LogP contribution in [0.25, 0.3) is 10.1 Å². The molecule has 4 atom stereocenters. The number of ether oxygens (including phenoxy) is 1. The quantitative estimate of drug-likeness (QED) is 0.199. The van der Waals surface area contributed by atoms with Gasteiger partial charge < -0.3 is 14.9 Å². The number of hydrogen-bond donors (Lipinski definition) is 2. The summed E-state index contributed by atoms with van der Waals surface area (Å²) in [5, 5.41) is 22.7. The number of aryl methyl sites for hydroxylation is 1. The van der Waals surface area contributed by atoms with Crippen molar-refractivity contribution in [3.63, 3.8) is 0 Å². The summed E-state index contributed by atoms with van der Waals surface area (Å²) in [6.45, 7) is 3.73. The monoisotopic (exact) mass is 516 g/mol. The predicted octanol–water partition coefficient (Wildman–Crippen LogP) is 5.82. The third-order valence-corrected chi connectivity index (χ3v) is 8.00. The van der Waals surface area contributed by atoms with Crippen molar-refractivity contribution in [1.82, 2.24) is 0 Å². The number of unbranched alkanes of at least 4 members (excludes halogenated alkanes) is 1. The first-order chi connectivity index (χ1) is 16.9. The van der Waals surface area contributed by atoms with E-state index in [2.05, 4.69) is 6.58 Å². The highest BCUT2D eigenvalue weighted by Crippen LogP contribution is 2.36. The number of aliphatic hydroxyl groups is 2. The Labute approximate surface area is 215 Å². The molecule has 1 aromatic heterocycles. The number of rotatable bonds is 13. The number of carbonyl (C=O) groups is 2. The summed E-state index contributed by atoms with van der Waals surface area (Å²) in [6.07, 6.45) is 11.1. The largest absolute Gasteiger partial charge is 0.461 e. The lowest BCUT2D eigenvalue weighted by Crippen LogP contribution is -2.19. The van der Waals surface area contributed by atoms with Gasteiger partial charge in [0.25, 0.3) is 0 Å². The molecule has 7 heteroatoms. The molecule has 3 rings (SSSR count). The van der Waals surface area contributed by atoms with Gasteiger partial charge in [0.05, 0.1) is 17.2 Å². The Morgan fingerprint density at radius 2 is 2.11 bits per heavy atom. The fourth-order valence-electron chi connectivity index (χ4n) is 4.33. The number of thiophene rings is 1. The first-order valence-electron chi connectivity index (χ1n) is 12.0. The number of ketones is 1. The molecule has 35 heavy (non-hydrogen) atoms. The van der Waals surface area contributed by atoms with Crippen LogP contribution in [0.15, 0.2) is 61.2 Å². The van der Waals surface area contributed by atoms with E-state index in [1.807, 2.05) is 36.4 Å². The maximum absolute atomic E-state index is 12.4. The highest BCUT2D eigenvalue weighted by atomic mass is 35.5. The molecule has 0 spiro atoms. The van der Waals surface area contributed by atoms with Gasteiger partial charge >= 0.3 is 5.97 Å². The third kappa shape index (κ3) is 7.87. The second-order valence-corrected chi connectivity index (χ2v) is 10.3.